The van der Waals surface area contributed by atoms with Crippen LogP contribution in [0.1, 0.15) is 35.6 Å². The van der Waals surface area contributed by atoms with E-state index in [1.54, 1.807) is 6.20 Å². The van der Waals surface area contributed by atoms with Crippen molar-refractivity contribution in [2.75, 3.05) is 12.4 Å². The first-order valence-corrected chi connectivity index (χ1v) is 7.13. The van der Waals surface area contributed by atoms with Crippen LogP contribution in [-0.4, -0.2) is 12.0 Å². The smallest absolute Gasteiger partial charge is 0.141 e. The van der Waals surface area contributed by atoms with Crippen LogP contribution in [0, 0.1) is 6.92 Å². The SMILES string of the molecule is CNc1cccc(C2CC2)c1COc1cccnc1C. The molecule has 1 aromatic heterocycles. The zero-order valence-electron chi connectivity index (χ0n) is 12.0. The highest BCUT2D eigenvalue weighted by atomic mass is 16.5. The number of nitrogens with one attached hydrogen (secondary N) is 1. The molecule has 0 radical (unpaired) electrons. The molecule has 0 bridgehead atoms. The zero-order valence-corrected chi connectivity index (χ0v) is 12.0. The lowest BCUT2D eigenvalue weighted by molar-refractivity contribution is 0.302. The molecule has 20 heavy (non-hydrogen) atoms. The molecule has 104 valence electrons. The van der Waals surface area contributed by atoms with E-state index in [1.165, 1.54) is 24.0 Å². The molecule has 1 heterocycles. The summed E-state index contributed by atoms with van der Waals surface area (Å²) in [5, 5.41) is 3.27. The molecular weight excluding hydrogens is 248 g/mol. The predicted octanol–water partition coefficient (Wildman–Crippen LogP) is 3.89. The molecule has 0 amide bonds. The second kappa shape index (κ2) is 5.53. The number of aryl methyl sites for hydroxylation is 1. The summed E-state index contributed by atoms with van der Waals surface area (Å²) in [6.45, 7) is 2.57. The summed E-state index contributed by atoms with van der Waals surface area (Å²) < 4.78 is 5.98. The number of rotatable bonds is 5. The monoisotopic (exact) mass is 268 g/mol. The third-order valence-electron chi connectivity index (χ3n) is 3.83. The summed E-state index contributed by atoms with van der Waals surface area (Å²) in [7, 11) is 1.96. The lowest BCUT2D eigenvalue weighted by Gasteiger charge is -2.16. The van der Waals surface area contributed by atoms with Crippen molar-refractivity contribution in [2.24, 2.45) is 0 Å². The maximum absolute atomic E-state index is 5.98. The van der Waals surface area contributed by atoms with E-state index in [-0.39, 0.29) is 0 Å². The second-order valence-electron chi connectivity index (χ2n) is 5.27. The third kappa shape index (κ3) is 2.62. The zero-order chi connectivity index (χ0) is 13.9. The number of benzene rings is 1. The Hall–Kier alpha value is -2.03. The number of anilines is 1. The fourth-order valence-corrected chi connectivity index (χ4v) is 2.55. The van der Waals surface area contributed by atoms with Gasteiger partial charge in [0.15, 0.2) is 0 Å². The van der Waals surface area contributed by atoms with Crippen LogP contribution in [0.4, 0.5) is 5.69 Å². The number of hydrogen-bond acceptors (Lipinski definition) is 3. The molecule has 1 aromatic carbocycles. The van der Waals surface area contributed by atoms with Gasteiger partial charge in [-0.1, -0.05) is 12.1 Å². The van der Waals surface area contributed by atoms with Crippen molar-refractivity contribution in [1.82, 2.24) is 4.98 Å². The van der Waals surface area contributed by atoms with Crippen LogP contribution >= 0.6 is 0 Å². The Balaban J connectivity index is 1.84. The molecule has 0 unspecified atom stereocenters. The van der Waals surface area contributed by atoms with E-state index in [0.29, 0.717) is 6.61 Å². The molecule has 1 fully saturated rings. The molecule has 0 saturated heterocycles. The van der Waals surface area contributed by atoms with Crippen molar-refractivity contribution >= 4 is 5.69 Å². The molecule has 0 aliphatic heterocycles. The average molecular weight is 268 g/mol. The van der Waals surface area contributed by atoms with Crippen LogP contribution < -0.4 is 10.1 Å². The Morgan fingerprint density at radius 2 is 2.10 bits per heavy atom. The first kappa shape index (κ1) is 13.0. The third-order valence-corrected chi connectivity index (χ3v) is 3.83. The normalized spacial score (nSPS) is 14.1. The van der Waals surface area contributed by atoms with Gasteiger partial charge in [-0.05, 0) is 49.4 Å². The van der Waals surface area contributed by atoms with Crippen LogP contribution in [0.2, 0.25) is 0 Å². The van der Waals surface area contributed by atoms with Crippen molar-refractivity contribution in [3.63, 3.8) is 0 Å². The number of aromatic nitrogens is 1. The van der Waals surface area contributed by atoms with E-state index in [2.05, 4.69) is 28.5 Å². The minimum atomic E-state index is 0.593. The highest BCUT2D eigenvalue weighted by Gasteiger charge is 2.27. The molecule has 1 N–H and O–H groups in total. The van der Waals surface area contributed by atoms with Gasteiger partial charge >= 0.3 is 0 Å². The minimum Gasteiger partial charge on any atom is -0.487 e. The standard InChI is InChI=1S/C17H20N2O/c1-12-17(7-4-10-19-12)20-11-15-14(13-8-9-13)5-3-6-16(15)18-2/h3-7,10,13,18H,8-9,11H2,1-2H3. The van der Waals surface area contributed by atoms with E-state index in [4.69, 9.17) is 4.74 Å². The molecule has 3 heteroatoms. The van der Waals surface area contributed by atoms with Gasteiger partial charge in [0.2, 0.25) is 0 Å². The Morgan fingerprint density at radius 3 is 2.80 bits per heavy atom. The van der Waals surface area contributed by atoms with Gasteiger partial charge in [-0.15, -0.1) is 0 Å². The van der Waals surface area contributed by atoms with E-state index >= 15 is 0 Å². The predicted molar refractivity (Wildman–Crippen MR) is 81.3 cm³/mol. The number of hydrogen-bond donors (Lipinski definition) is 1. The molecule has 0 spiro atoms. The van der Waals surface area contributed by atoms with Gasteiger partial charge in [0.1, 0.15) is 12.4 Å². The fraction of sp³-hybridized carbons (Fsp3) is 0.353. The largest absolute Gasteiger partial charge is 0.487 e. The second-order valence-corrected chi connectivity index (χ2v) is 5.27. The number of ether oxygens (including phenoxy) is 1. The topological polar surface area (TPSA) is 34.1 Å². The van der Waals surface area contributed by atoms with Gasteiger partial charge < -0.3 is 10.1 Å². The molecule has 1 aliphatic rings. The van der Waals surface area contributed by atoms with Gasteiger partial charge in [0.05, 0.1) is 5.69 Å². The summed E-state index contributed by atoms with van der Waals surface area (Å²) in [5.41, 5.74) is 4.80. The summed E-state index contributed by atoms with van der Waals surface area (Å²) in [6.07, 6.45) is 4.39. The van der Waals surface area contributed by atoms with E-state index in [0.717, 1.165) is 23.0 Å². The van der Waals surface area contributed by atoms with Crippen LogP contribution in [0.3, 0.4) is 0 Å². The molecule has 3 nitrogen and oxygen atoms in total. The van der Waals surface area contributed by atoms with E-state index in [1.807, 2.05) is 26.1 Å². The fourth-order valence-electron chi connectivity index (χ4n) is 2.55. The van der Waals surface area contributed by atoms with Crippen LogP contribution in [0.25, 0.3) is 0 Å². The van der Waals surface area contributed by atoms with Crippen molar-refractivity contribution in [2.45, 2.75) is 32.3 Å². The number of pyridine rings is 1. The summed E-state index contributed by atoms with van der Waals surface area (Å²) in [4.78, 5) is 4.26. The van der Waals surface area contributed by atoms with Crippen molar-refractivity contribution in [3.8, 4) is 5.75 Å². The van der Waals surface area contributed by atoms with Crippen molar-refractivity contribution < 1.29 is 4.74 Å². The highest BCUT2D eigenvalue weighted by molar-refractivity contribution is 5.56. The van der Waals surface area contributed by atoms with Crippen molar-refractivity contribution in [3.05, 3.63) is 53.3 Å². The molecule has 3 rings (SSSR count). The van der Waals surface area contributed by atoms with Gasteiger partial charge in [0, 0.05) is 24.5 Å². The van der Waals surface area contributed by atoms with Crippen LogP contribution in [0.15, 0.2) is 36.5 Å². The maximum Gasteiger partial charge on any atom is 0.141 e. The van der Waals surface area contributed by atoms with Crippen molar-refractivity contribution in [1.29, 1.82) is 0 Å². The van der Waals surface area contributed by atoms with Gasteiger partial charge in [-0.3, -0.25) is 4.98 Å². The lowest BCUT2D eigenvalue weighted by Crippen LogP contribution is -2.05. The molecular formula is C17H20N2O. The Kier molecular flexibility index (Phi) is 3.59. The maximum atomic E-state index is 5.98. The summed E-state index contributed by atoms with van der Waals surface area (Å²) >= 11 is 0. The van der Waals surface area contributed by atoms with Gasteiger partial charge in [-0.2, -0.15) is 0 Å². The number of nitrogens with zero attached hydrogens (tertiary/aromatic N) is 1. The Labute approximate surface area is 120 Å². The summed E-state index contributed by atoms with van der Waals surface area (Å²) in [6, 6.07) is 10.3. The first-order valence-electron chi connectivity index (χ1n) is 7.13. The highest BCUT2D eigenvalue weighted by Crippen LogP contribution is 2.43. The quantitative estimate of drug-likeness (QED) is 0.893. The molecule has 0 atom stereocenters. The molecule has 2 aromatic rings. The average Bonchev–Trinajstić information content (AvgIpc) is 3.30. The molecule has 1 aliphatic carbocycles. The van der Waals surface area contributed by atoms with Gasteiger partial charge in [0.25, 0.3) is 0 Å². The Morgan fingerprint density at radius 1 is 1.25 bits per heavy atom. The first-order chi connectivity index (χ1) is 9.79. The van der Waals surface area contributed by atoms with Crippen LogP contribution in [0.5, 0.6) is 5.75 Å². The van der Waals surface area contributed by atoms with E-state index < -0.39 is 0 Å². The van der Waals surface area contributed by atoms with Crippen LogP contribution in [-0.2, 0) is 6.61 Å². The molecule has 1 saturated carbocycles. The Bertz CT molecular complexity index is 606. The minimum absolute atomic E-state index is 0.593. The van der Waals surface area contributed by atoms with E-state index in [9.17, 15) is 0 Å². The summed E-state index contributed by atoms with van der Waals surface area (Å²) in [5.74, 6) is 1.58. The lowest BCUT2D eigenvalue weighted by atomic mass is 10.0. The van der Waals surface area contributed by atoms with Gasteiger partial charge in [-0.25, -0.2) is 0 Å².